The molecule has 0 spiro atoms. The molecule has 6 nitrogen and oxygen atoms in total. The largest absolute Gasteiger partial charge is 0.496 e. The van der Waals surface area contributed by atoms with Crippen molar-refractivity contribution >= 4 is 23.3 Å². The van der Waals surface area contributed by atoms with Crippen LogP contribution in [0.2, 0.25) is 0 Å². The van der Waals surface area contributed by atoms with E-state index in [1.54, 1.807) is 12.1 Å². The van der Waals surface area contributed by atoms with E-state index in [1.807, 2.05) is 0 Å². The molecule has 0 aliphatic carbocycles. The number of Topliss-reactive ketones (excluding diaryl/α,β-unsaturated/α-hetero) is 1. The predicted molar refractivity (Wildman–Crippen MR) is 91.0 cm³/mol. The maximum Gasteiger partial charge on any atom is 0.338 e. The summed E-state index contributed by atoms with van der Waals surface area (Å²) < 4.78 is 23.4. The molecule has 134 valence electrons. The number of aryl methyl sites for hydroxylation is 1. The lowest BCUT2D eigenvalue weighted by molar-refractivity contribution is -0.116. The van der Waals surface area contributed by atoms with Crippen LogP contribution in [0.4, 0.5) is 10.1 Å². The highest BCUT2D eigenvalue weighted by atomic mass is 19.1. The number of carbonyl (C=O) groups is 3. The van der Waals surface area contributed by atoms with Gasteiger partial charge in [0.05, 0.1) is 18.2 Å². The van der Waals surface area contributed by atoms with Crippen molar-refractivity contribution in [3.63, 3.8) is 0 Å². The van der Waals surface area contributed by atoms with Gasteiger partial charge < -0.3 is 14.8 Å². The predicted octanol–water partition coefficient (Wildman–Crippen LogP) is 2.76. The summed E-state index contributed by atoms with van der Waals surface area (Å²) in [5.74, 6) is -1.69. The number of methoxy groups -OCH3 is 1. The Bertz CT molecular complexity index is 893. The fraction of sp³-hybridized carbons (Fsp3) is 0.211. The van der Waals surface area contributed by atoms with Crippen LogP contribution < -0.4 is 10.1 Å². The van der Waals surface area contributed by atoms with Gasteiger partial charge in [-0.3, -0.25) is 9.59 Å². The summed E-state index contributed by atoms with van der Waals surface area (Å²) in [6.45, 7) is -0.535. The average Bonchev–Trinajstić information content (AvgIpc) is 2.65. The molecule has 1 amide bonds. The lowest BCUT2D eigenvalue weighted by Crippen LogP contribution is -2.20. The van der Waals surface area contributed by atoms with E-state index < -0.39 is 24.2 Å². The number of ketones is 1. The van der Waals surface area contributed by atoms with Gasteiger partial charge in [-0.1, -0.05) is 0 Å². The van der Waals surface area contributed by atoms with Gasteiger partial charge in [0, 0.05) is 12.1 Å². The van der Waals surface area contributed by atoms with Crippen molar-refractivity contribution < 1.29 is 28.2 Å². The molecule has 1 aliphatic rings. The number of nitrogens with one attached hydrogen (secondary N) is 1. The average molecular weight is 357 g/mol. The number of anilines is 1. The number of amides is 1. The number of carbonyl (C=O) groups excluding carboxylic acids is 3. The Morgan fingerprint density at radius 3 is 2.73 bits per heavy atom. The Hall–Kier alpha value is -3.22. The van der Waals surface area contributed by atoms with E-state index >= 15 is 0 Å². The number of ether oxygens (including phenoxy) is 2. The summed E-state index contributed by atoms with van der Waals surface area (Å²) in [5.41, 5.74) is 1.78. The van der Waals surface area contributed by atoms with E-state index in [-0.39, 0.29) is 22.8 Å². The van der Waals surface area contributed by atoms with Crippen molar-refractivity contribution in [2.24, 2.45) is 0 Å². The first-order valence-electron chi connectivity index (χ1n) is 7.94. The quantitative estimate of drug-likeness (QED) is 0.657. The smallest absolute Gasteiger partial charge is 0.338 e. The normalized spacial score (nSPS) is 12.8. The SMILES string of the molecule is COc1ccc(F)cc1C(=O)COC(=O)c1ccc2c(c1)CCC(=O)N2. The van der Waals surface area contributed by atoms with Crippen LogP contribution in [-0.2, 0) is 16.0 Å². The first-order valence-corrected chi connectivity index (χ1v) is 7.94. The van der Waals surface area contributed by atoms with Gasteiger partial charge in [-0.15, -0.1) is 0 Å². The summed E-state index contributed by atoms with van der Waals surface area (Å²) >= 11 is 0. The van der Waals surface area contributed by atoms with Crippen molar-refractivity contribution in [2.45, 2.75) is 12.8 Å². The van der Waals surface area contributed by atoms with Crippen LogP contribution in [0.25, 0.3) is 0 Å². The molecule has 0 radical (unpaired) electrons. The summed E-state index contributed by atoms with van der Waals surface area (Å²) in [6, 6.07) is 8.32. The van der Waals surface area contributed by atoms with Crippen LogP contribution in [-0.4, -0.2) is 31.4 Å². The zero-order valence-electron chi connectivity index (χ0n) is 14.0. The van der Waals surface area contributed by atoms with Crippen LogP contribution in [0.15, 0.2) is 36.4 Å². The van der Waals surface area contributed by atoms with E-state index in [0.29, 0.717) is 18.5 Å². The molecule has 0 fully saturated rings. The Balaban J connectivity index is 1.68. The van der Waals surface area contributed by atoms with Gasteiger partial charge in [-0.25, -0.2) is 9.18 Å². The van der Waals surface area contributed by atoms with Gasteiger partial charge in [0.1, 0.15) is 11.6 Å². The maximum absolute atomic E-state index is 13.4. The molecule has 1 aliphatic heterocycles. The lowest BCUT2D eigenvalue weighted by atomic mass is 10.0. The van der Waals surface area contributed by atoms with E-state index in [4.69, 9.17) is 9.47 Å². The molecule has 0 saturated heterocycles. The Morgan fingerprint density at radius 1 is 1.15 bits per heavy atom. The third kappa shape index (κ3) is 3.72. The van der Waals surface area contributed by atoms with Crippen LogP contribution >= 0.6 is 0 Å². The monoisotopic (exact) mass is 357 g/mol. The molecule has 0 atom stereocenters. The van der Waals surface area contributed by atoms with Crippen LogP contribution in [0.3, 0.4) is 0 Å². The second-order valence-corrected chi connectivity index (χ2v) is 5.76. The third-order valence-corrected chi connectivity index (χ3v) is 4.03. The summed E-state index contributed by atoms with van der Waals surface area (Å²) in [6.07, 6.45) is 0.880. The first-order chi connectivity index (χ1) is 12.5. The molecule has 0 aromatic heterocycles. The van der Waals surface area contributed by atoms with Crippen molar-refractivity contribution in [3.05, 3.63) is 58.9 Å². The molecule has 1 N–H and O–H groups in total. The minimum Gasteiger partial charge on any atom is -0.496 e. The standard InChI is InChI=1S/C19H16FNO5/c1-25-17-6-4-13(20)9-14(17)16(22)10-26-19(24)12-2-5-15-11(8-12)3-7-18(23)21-15/h2,4-6,8-9H,3,7,10H2,1H3,(H,21,23). The molecule has 0 unspecified atom stereocenters. The minimum absolute atomic E-state index is 0.00783. The molecular formula is C19H16FNO5. The number of esters is 1. The Labute approximate surface area is 148 Å². The fourth-order valence-corrected chi connectivity index (χ4v) is 2.70. The summed E-state index contributed by atoms with van der Waals surface area (Å²) in [7, 11) is 1.36. The van der Waals surface area contributed by atoms with Gasteiger partial charge in [0.15, 0.2) is 6.61 Å². The zero-order valence-corrected chi connectivity index (χ0v) is 14.0. The summed E-state index contributed by atoms with van der Waals surface area (Å²) in [4.78, 5) is 35.8. The summed E-state index contributed by atoms with van der Waals surface area (Å²) in [5, 5.41) is 2.72. The van der Waals surface area contributed by atoms with Crippen molar-refractivity contribution in [1.29, 1.82) is 0 Å². The molecule has 7 heteroatoms. The van der Waals surface area contributed by atoms with E-state index in [1.165, 1.54) is 25.3 Å². The first kappa shape index (κ1) is 17.6. The van der Waals surface area contributed by atoms with Gasteiger partial charge in [0.2, 0.25) is 11.7 Å². The topological polar surface area (TPSA) is 81.7 Å². The van der Waals surface area contributed by atoms with Gasteiger partial charge in [-0.2, -0.15) is 0 Å². The number of rotatable bonds is 5. The number of halogens is 1. The highest BCUT2D eigenvalue weighted by molar-refractivity contribution is 6.01. The van der Waals surface area contributed by atoms with Crippen LogP contribution in [0.5, 0.6) is 5.75 Å². The van der Waals surface area contributed by atoms with Gasteiger partial charge in [0.25, 0.3) is 0 Å². The van der Waals surface area contributed by atoms with Crippen LogP contribution in [0.1, 0.15) is 32.7 Å². The molecule has 2 aromatic carbocycles. The zero-order chi connectivity index (χ0) is 18.7. The lowest BCUT2D eigenvalue weighted by Gasteiger charge is -2.17. The minimum atomic E-state index is -0.673. The maximum atomic E-state index is 13.4. The molecule has 0 saturated carbocycles. The molecule has 0 bridgehead atoms. The Morgan fingerprint density at radius 2 is 1.96 bits per heavy atom. The van der Waals surface area contributed by atoms with E-state index in [2.05, 4.69) is 5.32 Å². The van der Waals surface area contributed by atoms with Crippen molar-refractivity contribution in [1.82, 2.24) is 0 Å². The van der Waals surface area contributed by atoms with E-state index in [9.17, 15) is 18.8 Å². The van der Waals surface area contributed by atoms with Gasteiger partial charge in [-0.05, 0) is 48.4 Å². The second-order valence-electron chi connectivity index (χ2n) is 5.76. The molecule has 26 heavy (non-hydrogen) atoms. The highest BCUT2D eigenvalue weighted by Gasteiger charge is 2.19. The fourth-order valence-electron chi connectivity index (χ4n) is 2.70. The second kappa shape index (κ2) is 7.35. The number of hydrogen-bond acceptors (Lipinski definition) is 5. The van der Waals surface area contributed by atoms with Crippen LogP contribution in [0, 0.1) is 5.82 Å². The van der Waals surface area contributed by atoms with E-state index in [0.717, 1.165) is 11.6 Å². The highest BCUT2D eigenvalue weighted by Crippen LogP contribution is 2.24. The van der Waals surface area contributed by atoms with Gasteiger partial charge >= 0.3 is 5.97 Å². The molecular weight excluding hydrogens is 341 g/mol. The Kier molecular flexibility index (Phi) is 4.97. The van der Waals surface area contributed by atoms with Crippen molar-refractivity contribution in [2.75, 3.05) is 19.0 Å². The number of benzene rings is 2. The molecule has 2 aromatic rings. The molecule has 1 heterocycles. The number of fused-ring (bicyclic) bond motifs is 1. The molecule has 3 rings (SSSR count). The number of hydrogen-bond donors (Lipinski definition) is 1. The van der Waals surface area contributed by atoms with Crippen molar-refractivity contribution in [3.8, 4) is 5.75 Å². The third-order valence-electron chi connectivity index (χ3n) is 4.03.